The van der Waals surface area contributed by atoms with Crippen LogP contribution in [-0.2, 0) is 21.4 Å². The number of para-hydroxylation sites is 1. The molecule has 0 aromatic heterocycles. The fourth-order valence-electron chi connectivity index (χ4n) is 3.05. The van der Waals surface area contributed by atoms with Crippen molar-refractivity contribution in [2.45, 2.75) is 11.4 Å². The molecular formula is C23H23BrN2O5S. The maximum absolute atomic E-state index is 13.5. The van der Waals surface area contributed by atoms with Crippen LogP contribution in [-0.4, -0.2) is 39.4 Å². The molecule has 3 aromatic carbocycles. The second-order valence-corrected chi connectivity index (χ2v) is 9.60. The van der Waals surface area contributed by atoms with Gasteiger partial charge in [0.05, 0.1) is 31.3 Å². The molecule has 0 spiro atoms. The number of ether oxygens (including phenoxy) is 2. The summed E-state index contributed by atoms with van der Waals surface area (Å²) in [7, 11) is -1.13. The van der Waals surface area contributed by atoms with E-state index < -0.39 is 15.9 Å². The average molecular weight is 519 g/mol. The molecule has 0 aliphatic carbocycles. The molecule has 0 saturated heterocycles. The van der Waals surface area contributed by atoms with Crippen molar-refractivity contribution in [1.29, 1.82) is 0 Å². The van der Waals surface area contributed by atoms with E-state index >= 15 is 0 Å². The molecule has 0 heterocycles. The summed E-state index contributed by atoms with van der Waals surface area (Å²) >= 11 is 3.38. The highest BCUT2D eigenvalue weighted by Gasteiger charge is 2.28. The van der Waals surface area contributed by atoms with Gasteiger partial charge in [0.15, 0.2) is 11.5 Å². The lowest BCUT2D eigenvalue weighted by molar-refractivity contribution is -0.116. The molecule has 0 unspecified atom stereocenters. The minimum absolute atomic E-state index is 0.000210. The zero-order chi connectivity index (χ0) is 23.1. The fourth-order valence-corrected chi connectivity index (χ4v) is 4.84. The van der Waals surface area contributed by atoms with Crippen molar-refractivity contribution in [2.24, 2.45) is 0 Å². The quantitative estimate of drug-likeness (QED) is 0.456. The molecule has 32 heavy (non-hydrogen) atoms. The average Bonchev–Trinajstić information content (AvgIpc) is 2.80. The SMILES string of the molecule is COc1ccc(S(=O)(=O)N(CC(=O)Nc2ccccc2Br)Cc2ccccc2)cc1OC. The smallest absolute Gasteiger partial charge is 0.243 e. The summed E-state index contributed by atoms with van der Waals surface area (Å²) in [6, 6.07) is 20.6. The van der Waals surface area contributed by atoms with E-state index in [9.17, 15) is 13.2 Å². The normalized spacial score (nSPS) is 11.2. The van der Waals surface area contributed by atoms with E-state index in [-0.39, 0.29) is 23.7 Å². The van der Waals surface area contributed by atoms with Crippen LogP contribution in [0.25, 0.3) is 0 Å². The predicted octanol–water partition coefficient (Wildman–Crippen LogP) is 4.30. The Morgan fingerprint density at radius 3 is 2.25 bits per heavy atom. The molecule has 0 bridgehead atoms. The Hall–Kier alpha value is -2.88. The molecule has 1 N–H and O–H groups in total. The van der Waals surface area contributed by atoms with Gasteiger partial charge >= 0.3 is 0 Å². The van der Waals surface area contributed by atoms with Gasteiger partial charge in [0.25, 0.3) is 0 Å². The van der Waals surface area contributed by atoms with E-state index in [0.717, 1.165) is 9.87 Å². The summed E-state index contributed by atoms with van der Waals surface area (Å²) in [5.74, 6) is 0.232. The van der Waals surface area contributed by atoms with E-state index in [1.807, 2.05) is 36.4 Å². The fraction of sp³-hybridized carbons (Fsp3) is 0.174. The molecule has 3 rings (SSSR count). The number of carbonyl (C=O) groups is 1. The number of halogens is 1. The maximum atomic E-state index is 13.5. The third kappa shape index (κ3) is 5.67. The van der Waals surface area contributed by atoms with Crippen LogP contribution in [0.15, 0.2) is 82.2 Å². The van der Waals surface area contributed by atoms with Crippen molar-refractivity contribution in [3.8, 4) is 11.5 Å². The van der Waals surface area contributed by atoms with Crippen molar-refractivity contribution in [3.63, 3.8) is 0 Å². The predicted molar refractivity (Wildman–Crippen MR) is 126 cm³/mol. The van der Waals surface area contributed by atoms with Crippen LogP contribution in [0.2, 0.25) is 0 Å². The first-order valence-electron chi connectivity index (χ1n) is 9.65. The van der Waals surface area contributed by atoms with Gasteiger partial charge in [-0.3, -0.25) is 4.79 Å². The van der Waals surface area contributed by atoms with Gasteiger partial charge in [0, 0.05) is 17.1 Å². The molecule has 9 heteroatoms. The van der Waals surface area contributed by atoms with E-state index in [1.165, 1.54) is 32.4 Å². The number of amides is 1. The minimum Gasteiger partial charge on any atom is -0.493 e. The van der Waals surface area contributed by atoms with Crippen LogP contribution >= 0.6 is 15.9 Å². The van der Waals surface area contributed by atoms with Crippen molar-refractivity contribution in [2.75, 3.05) is 26.1 Å². The summed E-state index contributed by atoms with van der Waals surface area (Å²) in [6.45, 7) is -0.339. The van der Waals surface area contributed by atoms with Crippen molar-refractivity contribution < 1.29 is 22.7 Å². The molecule has 0 radical (unpaired) electrons. The van der Waals surface area contributed by atoms with Crippen LogP contribution in [0.3, 0.4) is 0 Å². The number of carbonyl (C=O) groups excluding carboxylic acids is 1. The standard InChI is InChI=1S/C23H23BrN2O5S/c1-30-21-13-12-18(14-22(21)31-2)32(28,29)26(15-17-8-4-3-5-9-17)16-23(27)25-20-11-7-6-10-19(20)24/h3-14H,15-16H2,1-2H3,(H,25,27). The number of methoxy groups -OCH3 is 2. The number of rotatable bonds is 9. The molecule has 0 fully saturated rings. The van der Waals surface area contributed by atoms with Gasteiger partial charge in [0.1, 0.15) is 0 Å². The van der Waals surface area contributed by atoms with Gasteiger partial charge < -0.3 is 14.8 Å². The number of nitrogens with zero attached hydrogens (tertiary/aromatic N) is 1. The van der Waals surface area contributed by atoms with E-state index in [2.05, 4.69) is 21.2 Å². The Balaban J connectivity index is 1.93. The van der Waals surface area contributed by atoms with Gasteiger partial charge in [-0.2, -0.15) is 4.31 Å². The second kappa shape index (κ2) is 10.6. The summed E-state index contributed by atoms with van der Waals surface area (Å²) in [4.78, 5) is 12.8. The van der Waals surface area contributed by atoms with Crippen molar-refractivity contribution in [1.82, 2.24) is 4.31 Å². The van der Waals surface area contributed by atoms with Gasteiger partial charge in [-0.15, -0.1) is 0 Å². The monoisotopic (exact) mass is 518 g/mol. The first kappa shape index (κ1) is 23.8. The molecular weight excluding hydrogens is 496 g/mol. The number of benzene rings is 3. The second-order valence-electron chi connectivity index (χ2n) is 6.80. The first-order chi connectivity index (χ1) is 15.3. The van der Waals surface area contributed by atoms with Gasteiger partial charge in [-0.25, -0.2) is 8.42 Å². The zero-order valence-corrected chi connectivity index (χ0v) is 20.0. The molecule has 0 atom stereocenters. The lowest BCUT2D eigenvalue weighted by Crippen LogP contribution is -2.37. The Kier molecular flexibility index (Phi) is 7.89. The molecule has 0 aliphatic heterocycles. The van der Waals surface area contributed by atoms with Gasteiger partial charge in [0.2, 0.25) is 15.9 Å². The summed E-state index contributed by atoms with van der Waals surface area (Å²) in [5.41, 5.74) is 1.31. The van der Waals surface area contributed by atoms with Crippen LogP contribution in [0.4, 0.5) is 5.69 Å². The number of nitrogens with one attached hydrogen (secondary N) is 1. The van der Waals surface area contributed by atoms with Crippen LogP contribution in [0.1, 0.15) is 5.56 Å². The Morgan fingerprint density at radius 1 is 0.938 bits per heavy atom. The highest BCUT2D eigenvalue weighted by atomic mass is 79.9. The topological polar surface area (TPSA) is 84.9 Å². The van der Waals surface area contributed by atoms with Crippen molar-refractivity contribution in [3.05, 3.63) is 82.8 Å². The lowest BCUT2D eigenvalue weighted by atomic mass is 10.2. The highest BCUT2D eigenvalue weighted by Crippen LogP contribution is 2.31. The summed E-state index contributed by atoms with van der Waals surface area (Å²) < 4.78 is 39.3. The Bertz CT molecular complexity index is 1190. The minimum atomic E-state index is -4.03. The zero-order valence-electron chi connectivity index (χ0n) is 17.6. The molecule has 7 nitrogen and oxygen atoms in total. The summed E-state index contributed by atoms with van der Waals surface area (Å²) in [6.07, 6.45) is 0. The maximum Gasteiger partial charge on any atom is 0.243 e. The van der Waals surface area contributed by atoms with Crippen LogP contribution in [0, 0.1) is 0 Å². The van der Waals surface area contributed by atoms with E-state index in [1.54, 1.807) is 18.2 Å². The van der Waals surface area contributed by atoms with Gasteiger partial charge in [-0.05, 0) is 45.8 Å². The number of sulfonamides is 1. The van der Waals surface area contributed by atoms with E-state index in [0.29, 0.717) is 15.9 Å². The largest absolute Gasteiger partial charge is 0.493 e. The molecule has 168 valence electrons. The first-order valence-corrected chi connectivity index (χ1v) is 11.9. The molecule has 1 amide bonds. The van der Waals surface area contributed by atoms with E-state index in [4.69, 9.17) is 9.47 Å². The Labute approximate surface area is 196 Å². The number of hydrogen-bond donors (Lipinski definition) is 1. The lowest BCUT2D eigenvalue weighted by Gasteiger charge is -2.22. The third-order valence-corrected chi connectivity index (χ3v) is 7.14. The van der Waals surface area contributed by atoms with Crippen molar-refractivity contribution >= 4 is 37.5 Å². The summed E-state index contributed by atoms with van der Waals surface area (Å²) in [5, 5.41) is 2.75. The Morgan fingerprint density at radius 2 is 1.59 bits per heavy atom. The molecule has 3 aromatic rings. The van der Waals surface area contributed by atoms with Gasteiger partial charge in [-0.1, -0.05) is 42.5 Å². The molecule has 0 aliphatic rings. The van der Waals surface area contributed by atoms with Crippen LogP contribution in [0.5, 0.6) is 11.5 Å². The number of anilines is 1. The third-order valence-electron chi connectivity index (χ3n) is 4.66. The van der Waals surface area contributed by atoms with Crippen LogP contribution < -0.4 is 14.8 Å². The molecule has 0 saturated carbocycles. The number of hydrogen-bond acceptors (Lipinski definition) is 5. The highest BCUT2D eigenvalue weighted by molar-refractivity contribution is 9.10.